The first-order valence-electron chi connectivity index (χ1n) is 9.73. The lowest BCUT2D eigenvalue weighted by Crippen LogP contribution is -2.41. The molecule has 2 aliphatic heterocycles. The molecule has 25 heavy (non-hydrogen) atoms. The Morgan fingerprint density at radius 1 is 1.16 bits per heavy atom. The molecular weight excluding hydrogens is 314 g/mol. The molecule has 0 radical (unpaired) electrons. The monoisotopic (exact) mass is 345 g/mol. The van der Waals surface area contributed by atoms with E-state index in [1.165, 1.54) is 45.3 Å². The summed E-state index contributed by atoms with van der Waals surface area (Å²) in [6.07, 6.45) is 5.18. The first kappa shape index (κ1) is 18.3. The molecule has 2 aliphatic rings. The third kappa shape index (κ3) is 4.79. The van der Waals surface area contributed by atoms with Gasteiger partial charge in [0.2, 0.25) is 0 Å². The number of benzene rings is 1. The van der Waals surface area contributed by atoms with E-state index in [-0.39, 0.29) is 16.7 Å². The minimum atomic E-state index is -0.304. The third-order valence-electron chi connectivity index (χ3n) is 6.15. The van der Waals surface area contributed by atoms with Crippen LogP contribution in [0.1, 0.15) is 51.1 Å². The highest BCUT2D eigenvalue weighted by Gasteiger charge is 2.26. The van der Waals surface area contributed by atoms with E-state index in [1.807, 2.05) is 6.07 Å². The standard InChI is InChI=1S/C20H31N3O2/c1-16-6-10-21(11-7-16)15-18-8-12-22(13-9-18)17(2)19-4-3-5-20(14-19)23(24)25/h3-5,14,16-18H,6-13,15H2,1-2H3/t17-/m0/s1. The molecule has 3 rings (SSSR count). The van der Waals surface area contributed by atoms with Crippen LogP contribution >= 0.6 is 0 Å². The van der Waals surface area contributed by atoms with Gasteiger partial charge in [-0.2, -0.15) is 0 Å². The van der Waals surface area contributed by atoms with Gasteiger partial charge in [0.15, 0.2) is 0 Å². The Balaban J connectivity index is 1.50. The summed E-state index contributed by atoms with van der Waals surface area (Å²) in [6, 6.07) is 7.36. The van der Waals surface area contributed by atoms with Crippen LogP contribution in [0.25, 0.3) is 0 Å². The molecule has 0 bridgehead atoms. The Kier molecular flexibility index (Phi) is 6.07. The minimum Gasteiger partial charge on any atom is -0.303 e. The molecule has 0 N–H and O–H groups in total. The van der Waals surface area contributed by atoms with Crippen LogP contribution in [0.3, 0.4) is 0 Å². The number of hydrogen-bond donors (Lipinski definition) is 0. The van der Waals surface area contributed by atoms with Gasteiger partial charge in [-0.1, -0.05) is 19.1 Å². The Hall–Kier alpha value is -1.46. The summed E-state index contributed by atoms with van der Waals surface area (Å²) < 4.78 is 0. The van der Waals surface area contributed by atoms with Crippen LogP contribution in [0.2, 0.25) is 0 Å². The van der Waals surface area contributed by atoms with Crippen molar-refractivity contribution in [3.05, 3.63) is 39.9 Å². The van der Waals surface area contributed by atoms with Crippen molar-refractivity contribution in [3.8, 4) is 0 Å². The van der Waals surface area contributed by atoms with Crippen molar-refractivity contribution in [3.63, 3.8) is 0 Å². The van der Waals surface area contributed by atoms with Crippen LogP contribution in [0.5, 0.6) is 0 Å². The molecule has 5 nitrogen and oxygen atoms in total. The lowest BCUT2D eigenvalue weighted by atomic mass is 9.92. The third-order valence-corrected chi connectivity index (χ3v) is 6.15. The highest BCUT2D eigenvalue weighted by molar-refractivity contribution is 5.35. The van der Waals surface area contributed by atoms with Crippen LogP contribution < -0.4 is 0 Å². The predicted octanol–water partition coefficient (Wildman–Crippen LogP) is 4.10. The van der Waals surface area contributed by atoms with Crippen LogP contribution in [-0.4, -0.2) is 47.4 Å². The molecule has 0 aliphatic carbocycles. The van der Waals surface area contributed by atoms with Gasteiger partial charge in [0, 0.05) is 24.7 Å². The Labute approximate surface area is 151 Å². The predicted molar refractivity (Wildman–Crippen MR) is 101 cm³/mol. The molecule has 0 spiro atoms. The molecule has 1 aromatic rings. The smallest absolute Gasteiger partial charge is 0.269 e. The first-order valence-corrected chi connectivity index (χ1v) is 9.73. The SMILES string of the molecule is CC1CCN(CC2CCN([C@@H](C)c3cccc([N+](=O)[O-])c3)CC2)CC1. The van der Waals surface area contributed by atoms with Gasteiger partial charge in [0.05, 0.1) is 4.92 Å². The molecule has 2 heterocycles. The molecule has 2 fully saturated rings. The van der Waals surface area contributed by atoms with Gasteiger partial charge < -0.3 is 4.90 Å². The maximum Gasteiger partial charge on any atom is 0.269 e. The maximum atomic E-state index is 11.0. The number of likely N-dealkylation sites (tertiary alicyclic amines) is 2. The molecule has 0 amide bonds. The van der Waals surface area contributed by atoms with Crippen LogP contribution in [0, 0.1) is 22.0 Å². The van der Waals surface area contributed by atoms with Crippen molar-refractivity contribution in [2.45, 2.75) is 45.6 Å². The number of non-ortho nitro benzene ring substituents is 1. The number of hydrogen-bond acceptors (Lipinski definition) is 4. The Morgan fingerprint density at radius 2 is 1.84 bits per heavy atom. The zero-order valence-electron chi connectivity index (χ0n) is 15.6. The average Bonchev–Trinajstić information content (AvgIpc) is 2.64. The molecule has 1 atom stereocenters. The molecule has 0 unspecified atom stereocenters. The van der Waals surface area contributed by atoms with E-state index in [0.29, 0.717) is 0 Å². The van der Waals surface area contributed by atoms with Crippen molar-refractivity contribution in [1.82, 2.24) is 9.80 Å². The van der Waals surface area contributed by atoms with Gasteiger partial charge in [-0.05, 0) is 76.2 Å². The molecule has 0 aromatic heterocycles. The van der Waals surface area contributed by atoms with E-state index in [1.54, 1.807) is 18.2 Å². The fraction of sp³-hybridized carbons (Fsp3) is 0.700. The largest absolute Gasteiger partial charge is 0.303 e. The van der Waals surface area contributed by atoms with Crippen molar-refractivity contribution in [1.29, 1.82) is 0 Å². The van der Waals surface area contributed by atoms with Gasteiger partial charge in [0.1, 0.15) is 0 Å². The number of rotatable bonds is 5. The van der Waals surface area contributed by atoms with E-state index in [0.717, 1.165) is 30.5 Å². The molecule has 138 valence electrons. The summed E-state index contributed by atoms with van der Waals surface area (Å²) in [5, 5.41) is 11.0. The second kappa shape index (κ2) is 8.28. The van der Waals surface area contributed by atoms with Crippen LogP contribution in [0.4, 0.5) is 5.69 Å². The van der Waals surface area contributed by atoms with E-state index in [4.69, 9.17) is 0 Å². The maximum absolute atomic E-state index is 11.0. The highest BCUT2D eigenvalue weighted by atomic mass is 16.6. The summed E-state index contributed by atoms with van der Waals surface area (Å²) in [5.41, 5.74) is 1.25. The van der Waals surface area contributed by atoms with Gasteiger partial charge in [-0.15, -0.1) is 0 Å². The lowest BCUT2D eigenvalue weighted by Gasteiger charge is -2.39. The molecule has 1 aromatic carbocycles. The van der Waals surface area contributed by atoms with Crippen LogP contribution in [0.15, 0.2) is 24.3 Å². The van der Waals surface area contributed by atoms with Gasteiger partial charge in [0.25, 0.3) is 5.69 Å². The number of nitro groups is 1. The zero-order chi connectivity index (χ0) is 17.8. The minimum absolute atomic E-state index is 0.193. The number of nitro benzene ring substituents is 1. The molecular formula is C20H31N3O2. The highest BCUT2D eigenvalue weighted by Crippen LogP contribution is 2.29. The average molecular weight is 345 g/mol. The second-order valence-corrected chi connectivity index (χ2v) is 7.99. The Morgan fingerprint density at radius 3 is 2.48 bits per heavy atom. The van der Waals surface area contributed by atoms with Crippen molar-refractivity contribution < 1.29 is 4.92 Å². The summed E-state index contributed by atoms with van der Waals surface area (Å²) >= 11 is 0. The topological polar surface area (TPSA) is 49.6 Å². The summed E-state index contributed by atoms with van der Waals surface area (Å²) in [7, 11) is 0. The lowest BCUT2D eigenvalue weighted by molar-refractivity contribution is -0.385. The fourth-order valence-corrected chi connectivity index (χ4v) is 4.24. The van der Waals surface area contributed by atoms with Gasteiger partial charge in [-0.25, -0.2) is 0 Å². The Bertz CT molecular complexity index is 576. The van der Waals surface area contributed by atoms with E-state index in [2.05, 4.69) is 23.6 Å². The van der Waals surface area contributed by atoms with Crippen molar-refractivity contribution in [2.75, 3.05) is 32.7 Å². The first-order chi connectivity index (χ1) is 12.0. The van der Waals surface area contributed by atoms with E-state index >= 15 is 0 Å². The molecule has 2 saturated heterocycles. The molecule has 0 saturated carbocycles. The second-order valence-electron chi connectivity index (χ2n) is 7.99. The van der Waals surface area contributed by atoms with Gasteiger partial charge in [-0.3, -0.25) is 15.0 Å². The van der Waals surface area contributed by atoms with E-state index < -0.39 is 0 Å². The fourth-order valence-electron chi connectivity index (χ4n) is 4.24. The normalized spacial score (nSPS) is 22.8. The van der Waals surface area contributed by atoms with E-state index in [9.17, 15) is 10.1 Å². The van der Waals surface area contributed by atoms with Crippen molar-refractivity contribution >= 4 is 5.69 Å². The quantitative estimate of drug-likeness (QED) is 0.595. The summed E-state index contributed by atoms with van der Waals surface area (Å²) in [6.45, 7) is 10.5. The zero-order valence-corrected chi connectivity index (χ0v) is 15.6. The summed E-state index contributed by atoms with van der Waals surface area (Å²) in [5.74, 6) is 1.70. The number of piperidine rings is 2. The van der Waals surface area contributed by atoms with Crippen LogP contribution in [-0.2, 0) is 0 Å². The summed E-state index contributed by atoms with van der Waals surface area (Å²) in [4.78, 5) is 15.8. The van der Waals surface area contributed by atoms with Crippen molar-refractivity contribution in [2.24, 2.45) is 11.8 Å². The van der Waals surface area contributed by atoms with Gasteiger partial charge >= 0.3 is 0 Å². The number of nitrogens with zero attached hydrogens (tertiary/aromatic N) is 3. The molecule has 5 heteroatoms.